The van der Waals surface area contributed by atoms with Crippen LogP contribution in [0.1, 0.15) is 98.8 Å². The summed E-state index contributed by atoms with van der Waals surface area (Å²) >= 11 is 0. The third kappa shape index (κ3) is 3.69. The molecule has 0 aromatic heterocycles. The van der Waals surface area contributed by atoms with Crippen molar-refractivity contribution >= 4 is 5.78 Å². The molecule has 0 aromatic rings. The molecule has 0 spiro atoms. The normalized spacial score (nSPS) is 42.8. The maximum absolute atomic E-state index is 12.1. The minimum atomic E-state index is -0.732. The summed E-state index contributed by atoms with van der Waals surface area (Å²) in [7, 11) is 0. The van der Waals surface area contributed by atoms with E-state index in [2.05, 4.69) is 41.2 Å². The highest BCUT2D eigenvalue weighted by molar-refractivity contribution is 5.91. The Morgan fingerprint density at radius 3 is 2.55 bits per heavy atom. The van der Waals surface area contributed by atoms with Gasteiger partial charge >= 0.3 is 0 Å². The van der Waals surface area contributed by atoms with E-state index in [0.717, 1.165) is 55.8 Å². The van der Waals surface area contributed by atoms with Crippen LogP contribution in [0.25, 0.3) is 0 Å². The summed E-state index contributed by atoms with van der Waals surface area (Å²) in [5, 5.41) is 10.9. The fourth-order valence-corrected chi connectivity index (χ4v) is 8.82. The second-order valence-corrected chi connectivity index (χ2v) is 12.6. The van der Waals surface area contributed by atoms with E-state index < -0.39 is 5.60 Å². The lowest BCUT2D eigenvalue weighted by Crippen LogP contribution is -2.51. The van der Waals surface area contributed by atoms with Gasteiger partial charge in [-0.25, -0.2) is 0 Å². The van der Waals surface area contributed by atoms with Crippen molar-refractivity contribution in [2.24, 2.45) is 46.3 Å². The lowest BCUT2D eigenvalue weighted by molar-refractivity contribution is -0.117. The highest BCUT2D eigenvalue weighted by atomic mass is 16.3. The van der Waals surface area contributed by atoms with Gasteiger partial charge in [0.2, 0.25) is 0 Å². The summed E-state index contributed by atoms with van der Waals surface area (Å²) in [6.45, 7) is 15.7. The van der Waals surface area contributed by atoms with Gasteiger partial charge in [0.05, 0.1) is 5.60 Å². The van der Waals surface area contributed by atoms with Gasteiger partial charge < -0.3 is 5.11 Å². The van der Waals surface area contributed by atoms with Gasteiger partial charge in [0, 0.05) is 6.42 Å². The van der Waals surface area contributed by atoms with Crippen molar-refractivity contribution in [3.8, 4) is 0 Å². The minimum absolute atomic E-state index is 0.215. The number of carbonyl (C=O) groups excluding carboxylic acids is 1. The number of hydrogen-bond acceptors (Lipinski definition) is 2. The van der Waals surface area contributed by atoms with Crippen LogP contribution < -0.4 is 0 Å². The molecule has 0 heterocycles. The summed E-state index contributed by atoms with van der Waals surface area (Å²) in [5.41, 5.74) is 1.48. The van der Waals surface area contributed by atoms with Gasteiger partial charge in [-0.1, -0.05) is 46.3 Å². The molecule has 2 heteroatoms. The third-order valence-electron chi connectivity index (χ3n) is 11.1. The second-order valence-electron chi connectivity index (χ2n) is 12.6. The molecular weight excluding hydrogens is 380 g/mol. The number of carbonyl (C=O) groups is 1. The van der Waals surface area contributed by atoms with E-state index >= 15 is 0 Å². The summed E-state index contributed by atoms with van der Waals surface area (Å²) < 4.78 is 0. The number of hydrogen-bond donors (Lipinski definition) is 1. The standard InChI is InChI=1S/C29H46O2/c1-7-29(31,19(2)3)17-12-20(4)24-10-11-25-23-9-8-21-18-22(30)13-15-27(21,5)26(23)14-16-28(24,25)6/h7,18-20,23-26,31H,1,8-17H2,2-6H3. The molecule has 0 aliphatic heterocycles. The number of fused-ring (bicyclic) bond motifs is 5. The van der Waals surface area contributed by atoms with Crippen LogP contribution in [0.3, 0.4) is 0 Å². The molecule has 1 N–H and O–H groups in total. The molecule has 3 fully saturated rings. The molecule has 0 bridgehead atoms. The van der Waals surface area contributed by atoms with Gasteiger partial charge in [-0.15, -0.1) is 6.58 Å². The average molecular weight is 427 g/mol. The fourth-order valence-electron chi connectivity index (χ4n) is 8.82. The number of rotatable bonds is 6. The van der Waals surface area contributed by atoms with E-state index in [0.29, 0.717) is 17.1 Å². The molecule has 0 saturated heterocycles. The van der Waals surface area contributed by atoms with Crippen molar-refractivity contribution in [1.82, 2.24) is 0 Å². The lowest BCUT2D eigenvalue weighted by Gasteiger charge is -2.58. The van der Waals surface area contributed by atoms with E-state index in [1.165, 1.54) is 37.7 Å². The van der Waals surface area contributed by atoms with Crippen molar-refractivity contribution in [3.63, 3.8) is 0 Å². The number of ketones is 1. The molecule has 4 aliphatic rings. The van der Waals surface area contributed by atoms with E-state index in [4.69, 9.17) is 0 Å². The van der Waals surface area contributed by atoms with Gasteiger partial charge in [-0.05, 0) is 110 Å². The Bertz CT molecular complexity index is 750. The maximum atomic E-state index is 12.1. The van der Waals surface area contributed by atoms with Gasteiger partial charge in [0.15, 0.2) is 5.78 Å². The molecule has 8 unspecified atom stereocenters. The molecule has 0 radical (unpaired) electrons. The largest absolute Gasteiger partial charge is 0.386 e. The zero-order valence-electron chi connectivity index (χ0n) is 20.8. The van der Waals surface area contributed by atoms with Crippen molar-refractivity contribution < 1.29 is 9.90 Å². The van der Waals surface area contributed by atoms with Crippen molar-refractivity contribution in [3.05, 3.63) is 24.3 Å². The molecule has 4 aliphatic carbocycles. The van der Waals surface area contributed by atoms with Crippen molar-refractivity contribution in [1.29, 1.82) is 0 Å². The van der Waals surface area contributed by atoms with Crippen LogP contribution in [0.15, 0.2) is 24.3 Å². The van der Waals surface area contributed by atoms with Crippen molar-refractivity contribution in [2.75, 3.05) is 0 Å². The fraction of sp³-hybridized carbons (Fsp3) is 0.828. The number of allylic oxidation sites excluding steroid dienone is 1. The topological polar surface area (TPSA) is 37.3 Å². The van der Waals surface area contributed by atoms with Gasteiger partial charge in [0.1, 0.15) is 0 Å². The molecule has 0 amide bonds. The monoisotopic (exact) mass is 426 g/mol. The first-order valence-electron chi connectivity index (χ1n) is 13.1. The third-order valence-corrected chi connectivity index (χ3v) is 11.1. The van der Waals surface area contributed by atoms with Gasteiger partial charge in [-0.2, -0.15) is 0 Å². The maximum Gasteiger partial charge on any atom is 0.155 e. The van der Waals surface area contributed by atoms with E-state index in [9.17, 15) is 9.90 Å². The Morgan fingerprint density at radius 1 is 1.13 bits per heavy atom. The predicted octanol–water partition coefficient (Wildman–Crippen LogP) is 7.12. The summed E-state index contributed by atoms with van der Waals surface area (Å²) in [5.74, 6) is 4.47. The Kier molecular flexibility index (Phi) is 6.12. The molecule has 2 nitrogen and oxygen atoms in total. The molecule has 174 valence electrons. The predicted molar refractivity (Wildman–Crippen MR) is 129 cm³/mol. The Hall–Kier alpha value is -0.890. The van der Waals surface area contributed by atoms with E-state index in [1.807, 2.05) is 6.08 Å². The van der Waals surface area contributed by atoms with Crippen LogP contribution in [0.4, 0.5) is 0 Å². The molecule has 3 saturated carbocycles. The second kappa shape index (κ2) is 8.15. The lowest BCUT2D eigenvalue weighted by atomic mass is 9.46. The van der Waals surface area contributed by atoms with Crippen LogP contribution in [0, 0.1) is 46.3 Å². The van der Waals surface area contributed by atoms with E-state index in [-0.39, 0.29) is 11.3 Å². The average Bonchev–Trinajstić information content (AvgIpc) is 3.09. The highest BCUT2D eigenvalue weighted by Crippen LogP contribution is 2.67. The van der Waals surface area contributed by atoms with Crippen LogP contribution in [0.2, 0.25) is 0 Å². The summed E-state index contributed by atoms with van der Waals surface area (Å²) in [4.78, 5) is 12.1. The van der Waals surface area contributed by atoms with Crippen LogP contribution >= 0.6 is 0 Å². The minimum Gasteiger partial charge on any atom is -0.386 e. The smallest absolute Gasteiger partial charge is 0.155 e. The quantitative estimate of drug-likeness (QED) is 0.459. The molecule has 8 atom stereocenters. The summed E-state index contributed by atoms with van der Waals surface area (Å²) in [6, 6.07) is 0. The SMILES string of the molecule is C=CC(O)(CCC(C)C1CCC2C3CCC4=CC(=O)CCC4(C)C3CCC12C)C(C)C. The molecule has 0 aromatic carbocycles. The number of aliphatic hydroxyl groups is 1. The summed E-state index contributed by atoms with van der Waals surface area (Å²) in [6.07, 6.45) is 15.4. The molecular formula is C29H46O2. The van der Waals surface area contributed by atoms with Crippen molar-refractivity contribution in [2.45, 2.75) is 104 Å². The molecule has 4 rings (SSSR count). The van der Waals surface area contributed by atoms with Crippen LogP contribution in [-0.4, -0.2) is 16.5 Å². The zero-order chi connectivity index (χ0) is 22.6. The first-order valence-corrected chi connectivity index (χ1v) is 13.1. The Balaban J connectivity index is 1.49. The first-order chi connectivity index (χ1) is 14.5. The van der Waals surface area contributed by atoms with E-state index in [1.54, 1.807) is 6.08 Å². The zero-order valence-corrected chi connectivity index (χ0v) is 20.8. The first kappa shape index (κ1) is 23.3. The Morgan fingerprint density at radius 2 is 1.87 bits per heavy atom. The van der Waals surface area contributed by atoms with Crippen LogP contribution in [0.5, 0.6) is 0 Å². The highest BCUT2D eigenvalue weighted by Gasteiger charge is 2.59. The Labute approximate surface area is 191 Å². The molecule has 31 heavy (non-hydrogen) atoms. The van der Waals surface area contributed by atoms with Gasteiger partial charge in [0.25, 0.3) is 0 Å². The van der Waals surface area contributed by atoms with Gasteiger partial charge in [-0.3, -0.25) is 4.79 Å². The van der Waals surface area contributed by atoms with Crippen LogP contribution in [-0.2, 0) is 4.79 Å².